The summed E-state index contributed by atoms with van der Waals surface area (Å²) in [5, 5.41) is 5.21. The molecule has 0 aliphatic heterocycles. The lowest BCUT2D eigenvalue weighted by Gasteiger charge is -1.95. The standard InChI is InChI=1S/C10H10N4S/c11-10(15)14-13-6-7-1-2-8-3-4-12-9(8)5-7/h1-6,12H,(H3,11,14,15). The fourth-order valence-corrected chi connectivity index (χ4v) is 1.37. The van der Waals surface area contributed by atoms with Crippen LogP contribution in [0, 0.1) is 0 Å². The van der Waals surface area contributed by atoms with Crippen LogP contribution in [-0.4, -0.2) is 16.3 Å². The molecule has 4 N–H and O–H groups in total. The van der Waals surface area contributed by atoms with Gasteiger partial charge in [-0.05, 0) is 35.3 Å². The summed E-state index contributed by atoms with van der Waals surface area (Å²) in [5.41, 5.74) is 9.79. The topological polar surface area (TPSA) is 66.2 Å². The van der Waals surface area contributed by atoms with Crippen molar-refractivity contribution in [2.45, 2.75) is 0 Å². The molecular weight excluding hydrogens is 208 g/mol. The first kappa shape index (κ1) is 9.67. The molecule has 0 aliphatic carbocycles. The number of aromatic nitrogens is 1. The Balaban J connectivity index is 2.21. The number of hydrogen-bond donors (Lipinski definition) is 3. The van der Waals surface area contributed by atoms with Crippen molar-refractivity contribution in [2.75, 3.05) is 0 Å². The molecule has 2 aromatic rings. The lowest BCUT2D eigenvalue weighted by Crippen LogP contribution is -2.23. The molecule has 0 atom stereocenters. The summed E-state index contributed by atoms with van der Waals surface area (Å²) < 4.78 is 0. The highest BCUT2D eigenvalue weighted by molar-refractivity contribution is 7.80. The van der Waals surface area contributed by atoms with Crippen LogP contribution in [0.1, 0.15) is 5.56 Å². The van der Waals surface area contributed by atoms with E-state index in [9.17, 15) is 0 Å². The Morgan fingerprint density at radius 1 is 1.47 bits per heavy atom. The van der Waals surface area contributed by atoms with Crippen molar-refractivity contribution >= 4 is 34.4 Å². The van der Waals surface area contributed by atoms with E-state index < -0.39 is 0 Å². The van der Waals surface area contributed by atoms with Gasteiger partial charge in [0, 0.05) is 11.7 Å². The number of nitrogens with two attached hydrogens (primary N) is 1. The molecule has 0 amide bonds. The van der Waals surface area contributed by atoms with Crippen molar-refractivity contribution in [2.24, 2.45) is 10.8 Å². The third-order valence-electron chi connectivity index (χ3n) is 1.97. The minimum atomic E-state index is 0.159. The maximum Gasteiger partial charge on any atom is 0.184 e. The van der Waals surface area contributed by atoms with Gasteiger partial charge in [-0.2, -0.15) is 5.10 Å². The number of benzene rings is 1. The van der Waals surface area contributed by atoms with E-state index >= 15 is 0 Å². The van der Waals surface area contributed by atoms with E-state index in [1.54, 1.807) is 6.21 Å². The largest absolute Gasteiger partial charge is 0.375 e. The lowest BCUT2D eigenvalue weighted by molar-refractivity contribution is 1.04. The quantitative estimate of drug-likeness (QED) is 0.405. The number of hydrogen-bond acceptors (Lipinski definition) is 2. The van der Waals surface area contributed by atoms with Crippen LogP contribution >= 0.6 is 12.2 Å². The zero-order valence-electron chi connectivity index (χ0n) is 7.90. The van der Waals surface area contributed by atoms with Gasteiger partial charge in [0.05, 0.1) is 6.21 Å². The number of thiocarbonyl (C=S) groups is 1. The molecule has 1 heterocycles. The third-order valence-corrected chi connectivity index (χ3v) is 2.06. The average molecular weight is 218 g/mol. The predicted octanol–water partition coefficient (Wildman–Crippen LogP) is 1.34. The maximum absolute atomic E-state index is 5.23. The average Bonchev–Trinajstić information content (AvgIpc) is 2.64. The molecule has 0 saturated heterocycles. The van der Waals surface area contributed by atoms with E-state index in [0.717, 1.165) is 11.1 Å². The molecule has 4 nitrogen and oxygen atoms in total. The summed E-state index contributed by atoms with van der Waals surface area (Å²) in [7, 11) is 0. The molecule has 76 valence electrons. The normalized spacial score (nSPS) is 10.9. The van der Waals surface area contributed by atoms with E-state index in [1.807, 2.05) is 30.5 Å². The Morgan fingerprint density at radius 2 is 2.33 bits per heavy atom. The lowest BCUT2D eigenvalue weighted by atomic mass is 10.2. The van der Waals surface area contributed by atoms with E-state index in [-0.39, 0.29) is 5.11 Å². The second-order valence-corrected chi connectivity index (χ2v) is 3.50. The van der Waals surface area contributed by atoms with E-state index in [1.165, 1.54) is 5.39 Å². The zero-order chi connectivity index (χ0) is 10.7. The van der Waals surface area contributed by atoms with Crippen molar-refractivity contribution in [3.8, 4) is 0 Å². The monoisotopic (exact) mass is 218 g/mol. The van der Waals surface area contributed by atoms with Gasteiger partial charge < -0.3 is 10.7 Å². The van der Waals surface area contributed by atoms with E-state index in [2.05, 4.69) is 27.7 Å². The molecule has 15 heavy (non-hydrogen) atoms. The van der Waals surface area contributed by atoms with Gasteiger partial charge >= 0.3 is 0 Å². The first-order chi connectivity index (χ1) is 7.25. The fourth-order valence-electron chi connectivity index (χ4n) is 1.32. The van der Waals surface area contributed by atoms with Crippen molar-refractivity contribution < 1.29 is 0 Å². The van der Waals surface area contributed by atoms with Gasteiger partial charge in [-0.25, -0.2) is 0 Å². The summed E-state index contributed by atoms with van der Waals surface area (Å²) in [6.07, 6.45) is 3.57. The molecule has 0 aliphatic rings. The van der Waals surface area contributed by atoms with Crippen LogP contribution in [0.15, 0.2) is 35.6 Å². The van der Waals surface area contributed by atoms with Crippen LogP contribution in [0.5, 0.6) is 0 Å². The van der Waals surface area contributed by atoms with Crippen molar-refractivity contribution in [3.05, 3.63) is 36.0 Å². The molecule has 0 spiro atoms. The van der Waals surface area contributed by atoms with Gasteiger partial charge in [-0.15, -0.1) is 0 Å². The molecule has 0 fully saturated rings. The predicted molar refractivity (Wildman–Crippen MR) is 65.8 cm³/mol. The highest BCUT2D eigenvalue weighted by Gasteiger charge is 1.94. The molecule has 2 rings (SSSR count). The van der Waals surface area contributed by atoms with Crippen LogP contribution in [0.2, 0.25) is 0 Å². The molecule has 1 aromatic carbocycles. The molecule has 0 bridgehead atoms. The molecule has 0 unspecified atom stereocenters. The fraction of sp³-hybridized carbons (Fsp3) is 0. The Hall–Kier alpha value is -1.88. The van der Waals surface area contributed by atoms with Gasteiger partial charge in [0.15, 0.2) is 5.11 Å². The minimum Gasteiger partial charge on any atom is -0.375 e. The van der Waals surface area contributed by atoms with Gasteiger partial charge in [-0.1, -0.05) is 12.1 Å². The number of hydrazone groups is 1. The number of aromatic amines is 1. The summed E-state index contributed by atoms with van der Waals surface area (Å²) in [5.74, 6) is 0. The Bertz CT molecular complexity index is 515. The van der Waals surface area contributed by atoms with Gasteiger partial charge in [0.2, 0.25) is 0 Å². The van der Waals surface area contributed by atoms with Crippen LogP contribution in [-0.2, 0) is 0 Å². The molecule has 0 saturated carbocycles. The molecule has 0 radical (unpaired) electrons. The van der Waals surface area contributed by atoms with Crippen LogP contribution < -0.4 is 11.2 Å². The minimum absolute atomic E-state index is 0.159. The van der Waals surface area contributed by atoms with Crippen molar-refractivity contribution in [1.29, 1.82) is 0 Å². The highest BCUT2D eigenvalue weighted by Crippen LogP contribution is 2.12. The van der Waals surface area contributed by atoms with Crippen molar-refractivity contribution in [3.63, 3.8) is 0 Å². The second-order valence-electron chi connectivity index (χ2n) is 3.06. The van der Waals surface area contributed by atoms with Crippen LogP contribution in [0.3, 0.4) is 0 Å². The second kappa shape index (κ2) is 4.10. The van der Waals surface area contributed by atoms with E-state index in [4.69, 9.17) is 5.73 Å². The highest BCUT2D eigenvalue weighted by atomic mass is 32.1. The molecule has 1 aromatic heterocycles. The number of nitrogens with zero attached hydrogens (tertiary/aromatic N) is 1. The maximum atomic E-state index is 5.23. The number of H-pyrrole nitrogens is 1. The van der Waals surface area contributed by atoms with Crippen molar-refractivity contribution in [1.82, 2.24) is 10.4 Å². The van der Waals surface area contributed by atoms with Crippen LogP contribution in [0.25, 0.3) is 10.9 Å². The summed E-state index contributed by atoms with van der Waals surface area (Å²) in [6.45, 7) is 0. The SMILES string of the molecule is NC(=S)NN=Cc1ccc2cc[nH]c2c1. The third kappa shape index (κ3) is 2.32. The summed E-state index contributed by atoms with van der Waals surface area (Å²) in [6, 6.07) is 8.01. The number of fused-ring (bicyclic) bond motifs is 1. The van der Waals surface area contributed by atoms with Gasteiger partial charge in [0.1, 0.15) is 0 Å². The molecular formula is C10H10N4S. The first-order valence-electron chi connectivity index (χ1n) is 4.41. The smallest absolute Gasteiger partial charge is 0.184 e. The zero-order valence-corrected chi connectivity index (χ0v) is 8.71. The number of rotatable bonds is 2. The Labute approximate surface area is 92.2 Å². The van der Waals surface area contributed by atoms with Crippen LogP contribution in [0.4, 0.5) is 0 Å². The summed E-state index contributed by atoms with van der Waals surface area (Å²) in [4.78, 5) is 3.13. The summed E-state index contributed by atoms with van der Waals surface area (Å²) >= 11 is 4.62. The molecule has 5 heteroatoms. The Kier molecular flexibility index (Phi) is 2.64. The van der Waals surface area contributed by atoms with E-state index in [0.29, 0.717) is 0 Å². The Morgan fingerprint density at radius 3 is 3.13 bits per heavy atom. The van der Waals surface area contributed by atoms with Gasteiger partial charge in [-0.3, -0.25) is 5.43 Å². The number of nitrogens with one attached hydrogen (secondary N) is 2. The first-order valence-corrected chi connectivity index (χ1v) is 4.82. The van der Waals surface area contributed by atoms with Gasteiger partial charge in [0.25, 0.3) is 0 Å².